The highest BCUT2D eigenvalue weighted by Crippen LogP contribution is 2.44. The number of carbonyl (C=O) groups is 1. The highest BCUT2D eigenvalue weighted by molar-refractivity contribution is 5.98. The van der Waals surface area contributed by atoms with Crippen LogP contribution in [0.2, 0.25) is 0 Å². The van der Waals surface area contributed by atoms with E-state index in [0.29, 0.717) is 18.9 Å². The Kier molecular flexibility index (Phi) is 4.58. The van der Waals surface area contributed by atoms with E-state index in [1.807, 2.05) is 0 Å². The fourth-order valence-corrected chi connectivity index (χ4v) is 3.51. The van der Waals surface area contributed by atoms with E-state index in [-0.39, 0.29) is 23.9 Å². The number of carbonyl (C=O) groups excluding carboxylic acids is 1. The second-order valence-electron chi connectivity index (χ2n) is 6.70. The molecule has 0 saturated carbocycles. The standard InChI is InChI=1S/C17H19F3N4O3/c18-17(19,20)14-7-12(13-4-2-6-27-13)23-15-11(9-22-24(14)15)16(25)21-8-10-3-1-5-26-10/h2,4,6,9-10,12,14,23H,1,3,5,7-8H2,(H,21,25)/t10-,12-,14+/m0/s1. The largest absolute Gasteiger partial charge is 0.467 e. The van der Waals surface area contributed by atoms with Crippen molar-refractivity contribution in [3.8, 4) is 0 Å². The second-order valence-corrected chi connectivity index (χ2v) is 6.70. The van der Waals surface area contributed by atoms with Crippen LogP contribution in [0.25, 0.3) is 0 Å². The van der Waals surface area contributed by atoms with Crippen LogP contribution in [0.15, 0.2) is 29.0 Å². The summed E-state index contributed by atoms with van der Waals surface area (Å²) in [5.41, 5.74) is 0.0681. The number of hydrogen-bond acceptors (Lipinski definition) is 5. The molecule has 4 rings (SSSR count). The monoisotopic (exact) mass is 384 g/mol. The summed E-state index contributed by atoms with van der Waals surface area (Å²) in [5, 5.41) is 9.52. The van der Waals surface area contributed by atoms with Gasteiger partial charge in [-0.1, -0.05) is 0 Å². The second kappa shape index (κ2) is 6.91. The molecule has 1 amide bonds. The lowest BCUT2D eigenvalue weighted by molar-refractivity contribution is -0.174. The lowest BCUT2D eigenvalue weighted by atomic mass is 10.0. The number of alkyl halides is 3. The lowest BCUT2D eigenvalue weighted by Gasteiger charge is -2.32. The van der Waals surface area contributed by atoms with E-state index in [9.17, 15) is 18.0 Å². The van der Waals surface area contributed by atoms with Gasteiger partial charge in [0.25, 0.3) is 5.91 Å². The van der Waals surface area contributed by atoms with Gasteiger partial charge in [-0.05, 0) is 25.0 Å². The topological polar surface area (TPSA) is 81.3 Å². The van der Waals surface area contributed by atoms with Crippen molar-refractivity contribution in [1.29, 1.82) is 0 Å². The average Bonchev–Trinajstić information content (AvgIpc) is 3.39. The molecule has 0 unspecified atom stereocenters. The van der Waals surface area contributed by atoms with E-state index in [1.165, 1.54) is 6.26 Å². The van der Waals surface area contributed by atoms with Gasteiger partial charge in [-0.3, -0.25) is 4.79 Å². The number of rotatable bonds is 4. The quantitative estimate of drug-likeness (QED) is 0.847. The molecular formula is C17H19F3N4O3. The summed E-state index contributed by atoms with van der Waals surface area (Å²) >= 11 is 0. The van der Waals surface area contributed by atoms with Crippen molar-refractivity contribution in [2.45, 2.75) is 43.6 Å². The Morgan fingerprint density at radius 3 is 2.96 bits per heavy atom. The summed E-state index contributed by atoms with van der Waals surface area (Å²) < 4.78 is 52.2. The van der Waals surface area contributed by atoms with Crippen molar-refractivity contribution in [3.63, 3.8) is 0 Å². The molecule has 10 heteroatoms. The molecule has 2 aromatic rings. The Labute approximate surface area is 152 Å². The molecule has 2 N–H and O–H groups in total. The number of aromatic nitrogens is 2. The van der Waals surface area contributed by atoms with E-state index >= 15 is 0 Å². The maximum Gasteiger partial charge on any atom is 0.410 e. The Hall–Kier alpha value is -2.49. The number of fused-ring (bicyclic) bond motifs is 1. The predicted molar refractivity (Wildman–Crippen MR) is 88.3 cm³/mol. The average molecular weight is 384 g/mol. The van der Waals surface area contributed by atoms with Crippen molar-refractivity contribution in [1.82, 2.24) is 15.1 Å². The molecule has 0 bridgehead atoms. The number of anilines is 1. The molecule has 7 nitrogen and oxygen atoms in total. The molecular weight excluding hydrogens is 365 g/mol. The predicted octanol–water partition coefficient (Wildman–Crippen LogP) is 3.05. The van der Waals surface area contributed by atoms with Crippen LogP contribution < -0.4 is 10.6 Å². The zero-order valence-electron chi connectivity index (χ0n) is 14.3. The van der Waals surface area contributed by atoms with Gasteiger partial charge in [-0.15, -0.1) is 0 Å². The summed E-state index contributed by atoms with van der Waals surface area (Å²) in [5.74, 6) is -0.0718. The number of amides is 1. The molecule has 1 saturated heterocycles. The number of ether oxygens (including phenoxy) is 1. The lowest BCUT2D eigenvalue weighted by Crippen LogP contribution is -2.37. The molecule has 3 atom stereocenters. The van der Waals surface area contributed by atoms with Gasteiger partial charge in [0.05, 0.1) is 24.6 Å². The summed E-state index contributed by atoms with van der Waals surface area (Å²) in [7, 11) is 0. The zero-order valence-corrected chi connectivity index (χ0v) is 14.3. The van der Waals surface area contributed by atoms with Crippen molar-refractivity contribution in [2.24, 2.45) is 0 Å². The molecule has 146 valence electrons. The molecule has 2 aromatic heterocycles. The molecule has 27 heavy (non-hydrogen) atoms. The van der Waals surface area contributed by atoms with Gasteiger partial charge in [0, 0.05) is 19.6 Å². The van der Waals surface area contributed by atoms with Gasteiger partial charge in [0.2, 0.25) is 0 Å². The van der Waals surface area contributed by atoms with Crippen LogP contribution in [0, 0.1) is 0 Å². The smallest absolute Gasteiger partial charge is 0.410 e. The molecule has 2 aliphatic rings. The van der Waals surface area contributed by atoms with Gasteiger partial charge in [-0.2, -0.15) is 18.3 Å². The first-order valence-electron chi connectivity index (χ1n) is 8.77. The van der Waals surface area contributed by atoms with E-state index in [4.69, 9.17) is 9.15 Å². The Morgan fingerprint density at radius 2 is 2.30 bits per heavy atom. The first-order valence-corrected chi connectivity index (χ1v) is 8.77. The fourth-order valence-electron chi connectivity index (χ4n) is 3.51. The normalized spacial score (nSPS) is 25.1. The number of furan rings is 1. The van der Waals surface area contributed by atoms with Crippen molar-refractivity contribution >= 4 is 11.7 Å². The van der Waals surface area contributed by atoms with Crippen molar-refractivity contribution in [2.75, 3.05) is 18.5 Å². The zero-order chi connectivity index (χ0) is 19.0. The minimum absolute atomic E-state index is 0.0369. The summed E-state index contributed by atoms with van der Waals surface area (Å²) in [6, 6.07) is 0.666. The number of hydrogen-bond donors (Lipinski definition) is 2. The van der Waals surface area contributed by atoms with E-state index in [0.717, 1.165) is 23.7 Å². The van der Waals surface area contributed by atoms with Crippen LogP contribution in [0.1, 0.15) is 47.5 Å². The van der Waals surface area contributed by atoms with Crippen LogP contribution in [0.3, 0.4) is 0 Å². The first kappa shape index (κ1) is 17.9. The maximum atomic E-state index is 13.6. The van der Waals surface area contributed by atoms with E-state index in [2.05, 4.69) is 15.7 Å². The third-order valence-corrected chi connectivity index (χ3v) is 4.88. The molecule has 2 aliphatic heterocycles. The minimum atomic E-state index is -4.50. The van der Waals surface area contributed by atoms with Gasteiger partial charge in [0.1, 0.15) is 17.1 Å². The van der Waals surface area contributed by atoms with Gasteiger partial charge >= 0.3 is 6.18 Å². The van der Waals surface area contributed by atoms with Gasteiger partial charge in [0.15, 0.2) is 6.04 Å². The third kappa shape index (κ3) is 3.53. The van der Waals surface area contributed by atoms with Crippen molar-refractivity contribution < 1.29 is 27.1 Å². The summed E-state index contributed by atoms with van der Waals surface area (Å²) in [6.07, 6.45) is -0.490. The molecule has 1 fully saturated rings. The summed E-state index contributed by atoms with van der Waals surface area (Å²) in [4.78, 5) is 12.5. The SMILES string of the molecule is O=C(NC[C@@H]1CCCO1)c1cnn2c1N[C@H](c1ccco1)C[C@@H]2C(F)(F)F. The first-order chi connectivity index (χ1) is 12.9. The van der Waals surface area contributed by atoms with Crippen LogP contribution in [0.5, 0.6) is 0 Å². The van der Waals surface area contributed by atoms with Gasteiger partial charge in [-0.25, -0.2) is 4.68 Å². The molecule has 0 spiro atoms. The summed E-state index contributed by atoms with van der Waals surface area (Å²) in [6.45, 7) is 0.969. The van der Waals surface area contributed by atoms with Crippen molar-refractivity contribution in [3.05, 3.63) is 35.9 Å². The van der Waals surface area contributed by atoms with Crippen LogP contribution in [-0.4, -0.2) is 41.1 Å². The Morgan fingerprint density at radius 1 is 1.44 bits per heavy atom. The third-order valence-electron chi connectivity index (χ3n) is 4.88. The maximum absolute atomic E-state index is 13.6. The molecule has 0 aromatic carbocycles. The highest BCUT2D eigenvalue weighted by Gasteiger charge is 2.47. The number of nitrogens with one attached hydrogen (secondary N) is 2. The van der Waals surface area contributed by atoms with E-state index in [1.54, 1.807) is 12.1 Å². The van der Waals surface area contributed by atoms with Gasteiger partial charge < -0.3 is 19.8 Å². The minimum Gasteiger partial charge on any atom is -0.467 e. The number of nitrogens with zero attached hydrogens (tertiary/aromatic N) is 2. The van der Waals surface area contributed by atoms with E-state index < -0.39 is 24.2 Å². The molecule has 0 radical (unpaired) electrons. The fraction of sp³-hybridized carbons (Fsp3) is 0.529. The van der Waals surface area contributed by atoms with Crippen LogP contribution in [-0.2, 0) is 4.74 Å². The Balaban J connectivity index is 1.59. The molecule has 0 aliphatic carbocycles. The van der Waals surface area contributed by atoms with Crippen LogP contribution >= 0.6 is 0 Å². The molecule has 4 heterocycles. The highest BCUT2D eigenvalue weighted by atomic mass is 19.4. The van der Waals surface area contributed by atoms with Crippen LogP contribution in [0.4, 0.5) is 19.0 Å². The Bertz CT molecular complexity index is 797. The number of halogens is 3.